The van der Waals surface area contributed by atoms with E-state index in [0.717, 1.165) is 12.8 Å². The lowest BCUT2D eigenvalue weighted by Crippen LogP contribution is -2.47. The van der Waals surface area contributed by atoms with E-state index in [1.165, 1.54) is 4.31 Å². The second kappa shape index (κ2) is 6.92. The number of rotatable bonds is 6. The van der Waals surface area contributed by atoms with Gasteiger partial charge in [-0.3, -0.25) is 0 Å². The van der Waals surface area contributed by atoms with Crippen LogP contribution in [0, 0.1) is 5.92 Å². The van der Waals surface area contributed by atoms with E-state index in [-0.39, 0.29) is 0 Å². The van der Waals surface area contributed by atoms with Crippen LogP contribution in [0.5, 0.6) is 0 Å². The summed E-state index contributed by atoms with van der Waals surface area (Å²) in [5.74, 6) is 0.966. The highest BCUT2D eigenvalue weighted by atomic mass is 35.5. The van der Waals surface area contributed by atoms with E-state index in [0.29, 0.717) is 44.4 Å². The number of piperidine rings is 1. The van der Waals surface area contributed by atoms with Crippen molar-refractivity contribution in [2.24, 2.45) is 5.92 Å². The average molecular weight is 283 g/mol. The normalized spacial score (nSPS) is 23.2. The number of hydrogen-bond donors (Lipinski definition) is 0. The minimum atomic E-state index is -3.27. The second-order valence-corrected chi connectivity index (χ2v) is 6.95. The quantitative estimate of drug-likeness (QED) is 0.699. The summed E-state index contributed by atoms with van der Waals surface area (Å²) < 4.78 is 27.9. The summed E-state index contributed by atoms with van der Waals surface area (Å²) in [5, 5.41) is 0. The van der Waals surface area contributed by atoms with Crippen LogP contribution in [0.25, 0.3) is 0 Å². The van der Waals surface area contributed by atoms with Crippen LogP contribution >= 0.6 is 11.6 Å². The van der Waals surface area contributed by atoms with E-state index in [4.69, 9.17) is 11.6 Å². The van der Waals surface area contributed by atoms with Crippen molar-refractivity contribution in [1.82, 2.24) is 8.61 Å². The molecular formula is C11H23ClN2O2S. The first kappa shape index (κ1) is 15.2. The van der Waals surface area contributed by atoms with Crippen molar-refractivity contribution in [3.63, 3.8) is 0 Å². The molecular weight excluding hydrogens is 260 g/mol. The van der Waals surface area contributed by atoms with Gasteiger partial charge in [-0.15, -0.1) is 11.6 Å². The molecule has 1 saturated heterocycles. The van der Waals surface area contributed by atoms with Crippen LogP contribution in [0.2, 0.25) is 0 Å². The van der Waals surface area contributed by atoms with Crippen molar-refractivity contribution in [1.29, 1.82) is 0 Å². The first-order valence-corrected chi connectivity index (χ1v) is 8.26. The van der Waals surface area contributed by atoms with Crippen molar-refractivity contribution >= 4 is 21.8 Å². The van der Waals surface area contributed by atoms with Crippen LogP contribution in [0.3, 0.4) is 0 Å². The maximum atomic E-state index is 12.4. The average Bonchev–Trinajstić information content (AvgIpc) is 2.30. The molecule has 0 bridgehead atoms. The molecule has 0 aromatic heterocycles. The fraction of sp³-hybridized carbons (Fsp3) is 1.00. The molecule has 0 aromatic carbocycles. The Morgan fingerprint density at radius 2 is 2.18 bits per heavy atom. The smallest absolute Gasteiger partial charge is 0.195 e. The minimum Gasteiger partial charge on any atom is -0.195 e. The molecule has 0 aromatic rings. The number of halogens is 1. The molecule has 1 fully saturated rings. The van der Waals surface area contributed by atoms with Crippen molar-refractivity contribution in [2.75, 3.05) is 32.1 Å². The first-order chi connectivity index (χ1) is 8.02. The predicted octanol–water partition coefficient (Wildman–Crippen LogP) is 1.91. The fourth-order valence-electron chi connectivity index (χ4n) is 2.19. The van der Waals surface area contributed by atoms with Gasteiger partial charge in [-0.25, -0.2) is 0 Å². The van der Waals surface area contributed by atoms with Gasteiger partial charge in [-0.2, -0.15) is 17.0 Å². The van der Waals surface area contributed by atoms with Gasteiger partial charge >= 0.3 is 0 Å². The zero-order valence-electron chi connectivity index (χ0n) is 10.7. The summed E-state index contributed by atoms with van der Waals surface area (Å²) in [4.78, 5) is 0. The van der Waals surface area contributed by atoms with Crippen LogP contribution in [0.4, 0.5) is 0 Å². The van der Waals surface area contributed by atoms with E-state index < -0.39 is 10.2 Å². The van der Waals surface area contributed by atoms with Gasteiger partial charge in [-0.05, 0) is 25.2 Å². The highest BCUT2D eigenvalue weighted by Crippen LogP contribution is 2.20. The Hall–Kier alpha value is 0.160. The Morgan fingerprint density at radius 3 is 2.71 bits per heavy atom. The zero-order chi connectivity index (χ0) is 12.9. The Kier molecular flexibility index (Phi) is 6.20. The molecule has 0 radical (unpaired) electrons. The van der Waals surface area contributed by atoms with Crippen molar-refractivity contribution in [2.45, 2.75) is 33.1 Å². The highest BCUT2D eigenvalue weighted by Gasteiger charge is 2.31. The van der Waals surface area contributed by atoms with Crippen LogP contribution in [-0.2, 0) is 10.2 Å². The van der Waals surface area contributed by atoms with Crippen LogP contribution in [-0.4, -0.2) is 49.1 Å². The molecule has 102 valence electrons. The first-order valence-electron chi connectivity index (χ1n) is 6.33. The van der Waals surface area contributed by atoms with Gasteiger partial charge in [0.25, 0.3) is 10.2 Å². The molecule has 17 heavy (non-hydrogen) atoms. The van der Waals surface area contributed by atoms with Crippen LogP contribution in [0.1, 0.15) is 33.1 Å². The lowest BCUT2D eigenvalue weighted by molar-refractivity contribution is 0.259. The van der Waals surface area contributed by atoms with Crippen molar-refractivity contribution in [3.05, 3.63) is 0 Å². The molecule has 0 aliphatic carbocycles. The third-order valence-corrected chi connectivity index (χ3v) is 5.51. The zero-order valence-corrected chi connectivity index (χ0v) is 12.3. The Balaban J connectivity index is 2.69. The predicted molar refractivity (Wildman–Crippen MR) is 71.5 cm³/mol. The Morgan fingerprint density at radius 1 is 1.47 bits per heavy atom. The molecule has 1 atom stereocenters. The molecule has 6 heteroatoms. The molecule has 1 aliphatic rings. The molecule has 1 aliphatic heterocycles. The Bertz CT molecular complexity index is 321. The monoisotopic (exact) mass is 282 g/mol. The summed E-state index contributed by atoms with van der Waals surface area (Å²) >= 11 is 5.63. The highest BCUT2D eigenvalue weighted by molar-refractivity contribution is 7.86. The van der Waals surface area contributed by atoms with E-state index in [1.54, 1.807) is 4.31 Å². The summed E-state index contributed by atoms with van der Waals surface area (Å²) in [7, 11) is -3.27. The Labute approximate surface area is 110 Å². The SMILES string of the molecule is CCN(CCCCl)S(=O)(=O)N1CCCC(C)C1. The molecule has 1 heterocycles. The van der Waals surface area contributed by atoms with Crippen molar-refractivity contribution in [3.8, 4) is 0 Å². The summed E-state index contributed by atoms with van der Waals surface area (Å²) in [6.45, 7) is 6.33. The summed E-state index contributed by atoms with van der Waals surface area (Å²) in [5.41, 5.74) is 0. The van der Waals surface area contributed by atoms with Gasteiger partial charge in [0.15, 0.2) is 0 Å². The third kappa shape index (κ3) is 4.09. The fourth-order valence-corrected chi connectivity index (χ4v) is 4.13. The van der Waals surface area contributed by atoms with E-state index >= 15 is 0 Å². The summed E-state index contributed by atoms with van der Waals surface area (Å²) in [6, 6.07) is 0. The van der Waals surface area contributed by atoms with Gasteiger partial charge < -0.3 is 0 Å². The standard InChI is InChI=1S/C11H23ClN2O2S/c1-3-13(9-5-7-12)17(15,16)14-8-4-6-11(2)10-14/h11H,3-10H2,1-2H3. The molecule has 1 rings (SSSR count). The van der Waals surface area contributed by atoms with E-state index in [1.807, 2.05) is 6.92 Å². The second-order valence-electron chi connectivity index (χ2n) is 4.65. The van der Waals surface area contributed by atoms with Crippen LogP contribution in [0.15, 0.2) is 0 Å². The third-order valence-electron chi connectivity index (χ3n) is 3.17. The number of alkyl halides is 1. The minimum absolute atomic E-state index is 0.463. The van der Waals surface area contributed by atoms with Gasteiger partial charge in [0.05, 0.1) is 0 Å². The van der Waals surface area contributed by atoms with Crippen LogP contribution < -0.4 is 0 Å². The lowest BCUT2D eigenvalue weighted by atomic mass is 10.0. The molecule has 1 unspecified atom stereocenters. The maximum absolute atomic E-state index is 12.4. The number of hydrogen-bond acceptors (Lipinski definition) is 2. The molecule has 4 nitrogen and oxygen atoms in total. The van der Waals surface area contributed by atoms with Gasteiger partial charge in [0.1, 0.15) is 0 Å². The van der Waals surface area contributed by atoms with Gasteiger partial charge in [0, 0.05) is 32.1 Å². The molecule has 0 spiro atoms. The van der Waals surface area contributed by atoms with E-state index in [9.17, 15) is 8.42 Å². The van der Waals surface area contributed by atoms with Gasteiger partial charge in [0.2, 0.25) is 0 Å². The molecule has 0 N–H and O–H groups in total. The molecule has 0 amide bonds. The topological polar surface area (TPSA) is 40.6 Å². The number of nitrogens with zero attached hydrogens (tertiary/aromatic N) is 2. The summed E-state index contributed by atoms with van der Waals surface area (Å²) in [6.07, 6.45) is 2.80. The molecule has 0 saturated carbocycles. The largest absolute Gasteiger partial charge is 0.281 e. The maximum Gasteiger partial charge on any atom is 0.281 e. The van der Waals surface area contributed by atoms with E-state index in [2.05, 4.69) is 6.92 Å². The lowest BCUT2D eigenvalue weighted by Gasteiger charge is -2.34. The van der Waals surface area contributed by atoms with Crippen molar-refractivity contribution < 1.29 is 8.42 Å². The van der Waals surface area contributed by atoms with Gasteiger partial charge in [-0.1, -0.05) is 13.8 Å².